The number of imidazole rings is 1. The van der Waals surface area contributed by atoms with Gasteiger partial charge in [-0.2, -0.15) is 0 Å². The molecule has 1 aromatic heterocycles. The topological polar surface area (TPSA) is 8.81 Å². The monoisotopic (exact) mass is 658 g/mol. The van der Waals surface area contributed by atoms with Crippen LogP contribution in [0.2, 0.25) is 0 Å². The fraction of sp³-hybridized carbons (Fsp3) is 0.933. The van der Waals surface area contributed by atoms with Crippen LogP contribution in [0.3, 0.4) is 0 Å². The zero-order valence-corrected chi connectivity index (χ0v) is 33.1. The van der Waals surface area contributed by atoms with Crippen LogP contribution >= 0.6 is 0 Å². The summed E-state index contributed by atoms with van der Waals surface area (Å²) in [5, 5.41) is 0. The standard InChI is InChI=1S/C45H89N2/c1-4-7-10-13-16-18-20-22-24-26-28-30-32-34-37-40-45-46(41-38-35-15-12-9-6-3)43-44-47(45)42-39-36-33-31-29-27-25-23-21-19-17-14-11-8-5-2/h43-44H,4-42H2,1-3H3/q+1. The number of nitrogens with zero attached hydrogens (tertiary/aromatic N) is 2. The van der Waals surface area contributed by atoms with E-state index in [0.29, 0.717) is 0 Å². The van der Waals surface area contributed by atoms with E-state index in [2.05, 4.69) is 42.3 Å². The highest BCUT2D eigenvalue weighted by Gasteiger charge is 2.16. The second-order valence-corrected chi connectivity index (χ2v) is 15.5. The van der Waals surface area contributed by atoms with Gasteiger partial charge >= 0.3 is 0 Å². The molecule has 0 bridgehead atoms. The molecule has 0 aliphatic heterocycles. The second kappa shape index (κ2) is 36.5. The van der Waals surface area contributed by atoms with Crippen LogP contribution in [0.25, 0.3) is 0 Å². The third-order valence-electron chi connectivity index (χ3n) is 10.8. The first kappa shape index (κ1) is 44.2. The van der Waals surface area contributed by atoms with Crippen molar-refractivity contribution in [3.63, 3.8) is 0 Å². The van der Waals surface area contributed by atoms with Crippen molar-refractivity contribution in [2.24, 2.45) is 0 Å². The fourth-order valence-electron chi connectivity index (χ4n) is 7.56. The van der Waals surface area contributed by atoms with Gasteiger partial charge in [-0.1, -0.05) is 220 Å². The molecule has 0 N–H and O–H groups in total. The van der Waals surface area contributed by atoms with Crippen molar-refractivity contribution in [1.82, 2.24) is 4.57 Å². The Hall–Kier alpha value is -0.790. The average Bonchev–Trinajstić information content (AvgIpc) is 3.47. The lowest BCUT2D eigenvalue weighted by atomic mass is 10.0. The summed E-state index contributed by atoms with van der Waals surface area (Å²) in [5.74, 6) is 1.62. The average molecular weight is 658 g/mol. The molecule has 0 radical (unpaired) electrons. The van der Waals surface area contributed by atoms with Gasteiger partial charge in [0, 0.05) is 6.42 Å². The van der Waals surface area contributed by atoms with E-state index >= 15 is 0 Å². The molecule has 0 amide bonds. The molecule has 0 spiro atoms. The van der Waals surface area contributed by atoms with Crippen LogP contribution in [0.15, 0.2) is 12.4 Å². The highest BCUT2D eigenvalue weighted by molar-refractivity contribution is 4.84. The number of hydrogen-bond donors (Lipinski definition) is 0. The lowest BCUT2D eigenvalue weighted by molar-refractivity contribution is -0.704. The smallest absolute Gasteiger partial charge is 0.234 e. The van der Waals surface area contributed by atoms with Gasteiger partial charge in [0.25, 0.3) is 5.82 Å². The summed E-state index contributed by atoms with van der Waals surface area (Å²) in [6, 6.07) is 0. The fourth-order valence-corrected chi connectivity index (χ4v) is 7.56. The van der Waals surface area contributed by atoms with E-state index in [1.807, 2.05) is 0 Å². The highest BCUT2D eigenvalue weighted by atomic mass is 15.1. The first-order valence-electron chi connectivity index (χ1n) is 22.4. The van der Waals surface area contributed by atoms with Crippen LogP contribution in [0.1, 0.15) is 258 Å². The Bertz CT molecular complexity index is 722. The molecule has 47 heavy (non-hydrogen) atoms. The van der Waals surface area contributed by atoms with Crippen molar-refractivity contribution in [2.45, 2.75) is 271 Å². The first-order chi connectivity index (χ1) is 23.3. The molecule has 278 valence electrons. The highest BCUT2D eigenvalue weighted by Crippen LogP contribution is 2.16. The minimum absolute atomic E-state index is 1.23. The van der Waals surface area contributed by atoms with Crippen LogP contribution in [-0.2, 0) is 19.5 Å². The zero-order valence-electron chi connectivity index (χ0n) is 33.1. The molecule has 0 saturated carbocycles. The minimum Gasteiger partial charge on any atom is -0.234 e. The molecular weight excluding hydrogens is 569 g/mol. The number of aryl methyl sites for hydroxylation is 2. The van der Waals surface area contributed by atoms with Gasteiger partial charge in [-0.25, -0.2) is 9.13 Å². The summed E-state index contributed by atoms with van der Waals surface area (Å²) in [6.07, 6.45) is 57.9. The molecule has 0 atom stereocenters. The molecule has 1 rings (SSSR count). The van der Waals surface area contributed by atoms with Crippen molar-refractivity contribution in [2.75, 3.05) is 0 Å². The van der Waals surface area contributed by atoms with Crippen LogP contribution < -0.4 is 4.57 Å². The molecule has 2 heteroatoms. The largest absolute Gasteiger partial charge is 0.256 e. The van der Waals surface area contributed by atoms with Crippen LogP contribution in [0.4, 0.5) is 0 Å². The lowest BCUT2D eigenvalue weighted by Gasteiger charge is -2.07. The van der Waals surface area contributed by atoms with Crippen molar-refractivity contribution in [1.29, 1.82) is 0 Å². The van der Waals surface area contributed by atoms with E-state index in [1.165, 1.54) is 251 Å². The molecule has 0 fully saturated rings. The summed E-state index contributed by atoms with van der Waals surface area (Å²) in [4.78, 5) is 0. The van der Waals surface area contributed by atoms with Crippen LogP contribution in [0.5, 0.6) is 0 Å². The molecule has 0 aromatic carbocycles. The predicted molar refractivity (Wildman–Crippen MR) is 212 cm³/mol. The third kappa shape index (κ3) is 28.7. The maximum Gasteiger partial charge on any atom is 0.256 e. The summed E-state index contributed by atoms with van der Waals surface area (Å²) in [7, 11) is 0. The normalized spacial score (nSPS) is 11.6. The molecular formula is C45H89N2+. The first-order valence-corrected chi connectivity index (χ1v) is 22.4. The minimum atomic E-state index is 1.23. The van der Waals surface area contributed by atoms with Gasteiger partial charge in [-0.3, -0.25) is 0 Å². The van der Waals surface area contributed by atoms with Gasteiger partial charge in [-0.05, 0) is 32.1 Å². The van der Waals surface area contributed by atoms with E-state index in [-0.39, 0.29) is 0 Å². The number of rotatable bonds is 39. The summed E-state index contributed by atoms with van der Waals surface area (Å²) < 4.78 is 5.28. The van der Waals surface area contributed by atoms with Crippen molar-refractivity contribution >= 4 is 0 Å². The number of unbranched alkanes of at least 4 members (excludes halogenated alkanes) is 33. The van der Waals surface area contributed by atoms with Crippen LogP contribution in [-0.4, -0.2) is 4.57 Å². The number of aromatic nitrogens is 2. The summed E-state index contributed by atoms with van der Waals surface area (Å²) >= 11 is 0. The molecule has 0 unspecified atom stereocenters. The lowest BCUT2D eigenvalue weighted by Crippen LogP contribution is -2.37. The van der Waals surface area contributed by atoms with Gasteiger partial charge in [0.2, 0.25) is 0 Å². The molecule has 0 saturated heterocycles. The predicted octanol–water partition coefficient (Wildman–Crippen LogP) is 15.4. The van der Waals surface area contributed by atoms with Crippen molar-refractivity contribution in [3.05, 3.63) is 18.2 Å². The van der Waals surface area contributed by atoms with E-state index < -0.39 is 0 Å². The van der Waals surface area contributed by atoms with E-state index in [1.54, 1.807) is 5.82 Å². The van der Waals surface area contributed by atoms with Gasteiger partial charge < -0.3 is 0 Å². The van der Waals surface area contributed by atoms with E-state index in [0.717, 1.165) is 0 Å². The third-order valence-corrected chi connectivity index (χ3v) is 10.8. The molecule has 0 aliphatic rings. The Morgan fingerprint density at radius 3 is 1.02 bits per heavy atom. The van der Waals surface area contributed by atoms with Gasteiger partial charge in [-0.15, -0.1) is 0 Å². The van der Waals surface area contributed by atoms with Crippen molar-refractivity contribution < 1.29 is 4.57 Å². The summed E-state index contributed by atoms with van der Waals surface area (Å²) in [5.41, 5.74) is 0. The maximum absolute atomic E-state index is 2.64. The van der Waals surface area contributed by atoms with Crippen molar-refractivity contribution in [3.8, 4) is 0 Å². The Balaban J connectivity index is 2.19. The number of hydrogen-bond acceptors (Lipinski definition) is 0. The molecule has 1 heterocycles. The van der Waals surface area contributed by atoms with Crippen LogP contribution in [0, 0.1) is 0 Å². The Morgan fingerprint density at radius 2 is 0.660 bits per heavy atom. The van der Waals surface area contributed by atoms with E-state index in [9.17, 15) is 0 Å². The van der Waals surface area contributed by atoms with Gasteiger partial charge in [0.05, 0.1) is 13.1 Å². The van der Waals surface area contributed by atoms with Gasteiger partial charge in [0.1, 0.15) is 12.4 Å². The van der Waals surface area contributed by atoms with E-state index in [4.69, 9.17) is 0 Å². The quantitative estimate of drug-likeness (QED) is 0.0492. The molecule has 1 aromatic rings. The molecule has 2 nitrogen and oxygen atoms in total. The Kier molecular flexibility index (Phi) is 34.3. The maximum atomic E-state index is 2.64. The second-order valence-electron chi connectivity index (χ2n) is 15.5. The van der Waals surface area contributed by atoms with Gasteiger partial charge in [0.15, 0.2) is 0 Å². The Labute approximate surface area is 298 Å². The SMILES string of the molecule is CCCCCCCCCCCCCCCCCc1n(CCCCCCCC)cc[n+]1CCCCCCCCCCCCCCCCC. The summed E-state index contributed by atoms with van der Waals surface area (Å²) in [6.45, 7) is 9.41. The molecule has 0 aliphatic carbocycles. The Morgan fingerprint density at radius 1 is 0.362 bits per heavy atom. The zero-order chi connectivity index (χ0) is 33.7.